The lowest BCUT2D eigenvalue weighted by Gasteiger charge is -2.09. The molecule has 5 heteroatoms. The van der Waals surface area contributed by atoms with Gasteiger partial charge in [0.2, 0.25) is 6.79 Å². The van der Waals surface area contributed by atoms with Crippen molar-refractivity contribution in [1.82, 2.24) is 4.98 Å². The third-order valence-corrected chi connectivity index (χ3v) is 2.86. The Labute approximate surface area is 110 Å². The van der Waals surface area contributed by atoms with Gasteiger partial charge in [-0.05, 0) is 18.2 Å². The molecule has 1 N–H and O–H groups in total. The Hall–Kier alpha value is -2.74. The lowest BCUT2D eigenvalue weighted by molar-refractivity contribution is 0.173. The zero-order valence-corrected chi connectivity index (χ0v) is 10.1. The summed E-state index contributed by atoms with van der Waals surface area (Å²) >= 11 is 0. The minimum Gasteiger partial charge on any atom is -0.454 e. The van der Waals surface area contributed by atoms with Gasteiger partial charge in [0, 0.05) is 18.3 Å². The molecule has 3 rings (SSSR count). The Morgan fingerprint density at radius 1 is 1.26 bits per heavy atom. The molecule has 0 amide bonds. The molecule has 94 valence electrons. The average Bonchev–Trinajstić information content (AvgIpc) is 2.94. The predicted molar refractivity (Wildman–Crippen MR) is 68.8 cm³/mol. The van der Waals surface area contributed by atoms with Crippen LogP contribution in [-0.4, -0.2) is 11.8 Å². The van der Waals surface area contributed by atoms with Crippen LogP contribution in [0.4, 0.5) is 5.69 Å². The molecule has 0 saturated heterocycles. The number of ether oxygens (including phenoxy) is 2. The molecule has 0 bridgehead atoms. The zero-order valence-electron chi connectivity index (χ0n) is 10.1. The van der Waals surface area contributed by atoms with Gasteiger partial charge in [0.1, 0.15) is 6.07 Å². The molecule has 5 nitrogen and oxygen atoms in total. The number of hydrogen-bond acceptors (Lipinski definition) is 5. The molecule has 0 aliphatic carbocycles. The van der Waals surface area contributed by atoms with Crippen molar-refractivity contribution in [2.24, 2.45) is 0 Å². The third kappa shape index (κ3) is 2.16. The topological polar surface area (TPSA) is 67.2 Å². The number of nitrogens with zero attached hydrogens (tertiary/aromatic N) is 2. The van der Waals surface area contributed by atoms with E-state index in [4.69, 9.17) is 14.7 Å². The number of fused-ring (bicyclic) bond motifs is 1. The van der Waals surface area contributed by atoms with Crippen LogP contribution < -0.4 is 14.8 Å². The monoisotopic (exact) mass is 253 g/mol. The normalized spacial score (nSPS) is 11.9. The first kappa shape index (κ1) is 11.4. The number of para-hydroxylation sites is 1. The van der Waals surface area contributed by atoms with Crippen molar-refractivity contribution in [3.8, 4) is 17.6 Å². The van der Waals surface area contributed by atoms with E-state index in [1.807, 2.05) is 24.3 Å². The largest absolute Gasteiger partial charge is 0.454 e. The molecule has 0 radical (unpaired) electrons. The summed E-state index contributed by atoms with van der Waals surface area (Å²) in [5.74, 6) is 1.52. The van der Waals surface area contributed by atoms with E-state index in [0.717, 1.165) is 17.1 Å². The molecule has 2 heterocycles. The summed E-state index contributed by atoms with van der Waals surface area (Å²) in [6.07, 6.45) is 1.60. The molecule has 0 unspecified atom stereocenters. The Morgan fingerprint density at radius 2 is 2.21 bits per heavy atom. The van der Waals surface area contributed by atoms with Gasteiger partial charge < -0.3 is 14.8 Å². The fourth-order valence-corrected chi connectivity index (χ4v) is 1.96. The highest BCUT2D eigenvalue weighted by molar-refractivity contribution is 5.55. The summed E-state index contributed by atoms with van der Waals surface area (Å²) in [4.78, 5) is 4.00. The van der Waals surface area contributed by atoms with Crippen molar-refractivity contribution in [3.63, 3.8) is 0 Å². The van der Waals surface area contributed by atoms with Gasteiger partial charge >= 0.3 is 0 Å². The summed E-state index contributed by atoms with van der Waals surface area (Å²) in [7, 11) is 0. The minimum absolute atomic E-state index is 0.253. The van der Waals surface area contributed by atoms with Crippen molar-refractivity contribution in [1.29, 1.82) is 5.26 Å². The van der Waals surface area contributed by atoms with E-state index in [1.54, 1.807) is 12.3 Å². The Kier molecular flexibility index (Phi) is 2.91. The van der Waals surface area contributed by atoms with E-state index >= 15 is 0 Å². The van der Waals surface area contributed by atoms with Gasteiger partial charge in [-0.2, -0.15) is 5.26 Å². The highest BCUT2D eigenvalue weighted by Crippen LogP contribution is 2.35. The smallest absolute Gasteiger partial charge is 0.231 e. The third-order valence-electron chi connectivity index (χ3n) is 2.86. The van der Waals surface area contributed by atoms with Crippen molar-refractivity contribution in [3.05, 3.63) is 47.8 Å². The standard InChI is InChI=1S/C14H11N3O2/c15-7-12-11(4-2-6-16-12)17-8-10-3-1-5-13-14(10)19-9-18-13/h1-6,17H,8-9H2. The van der Waals surface area contributed by atoms with E-state index in [1.165, 1.54) is 0 Å². The molecule has 0 fully saturated rings. The highest BCUT2D eigenvalue weighted by atomic mass is 16.7. The first-order chi connectivity index (χ1) is 9.38. The summed E-state index contributed by atoms with van der Waals surface area (Å²) < 4.78 is 10.8. The molecule has 0 saturated carbocycles. The number of pyridine rings is 1. The second kappa shape index (κ2) is 4.86. The van der Waals surface area contributed by atoms with Crippen LogP contribution in [0.2, 0.25) is 0 Å². The van der Waals surface area contributed by atoms with Crippen LogP contribution in [0.3, 0.4) is 0 Å². The van der Waals surface area contributed by atoms with E-state index < -0.39 is 0 Å². The lowest BCUT2D eigenvalue weighted by atomic mass is 10.2. The number of nitriles is 1. The number of aromatic nitrogens is 1. The molecule has 1 aromatic carbocycles. The summed E-state index contributed by atoms with van der Waals surface area (Å²) in [5.41, 5.74) is 2.08. The second-order valence-corrected chi connectivity index (χ2v) is 4.02. The Bertz CT molecular complexity index is 649. The fourth-order valence-electron chi connectivity index (χ4n) is 1.96. The van der Waals surface area contributed by atoms with Gasteiger partial charge in [-0.1, -0.05) is 12.1 Å². The lowest BCUT2D eigenvalue weighted by Crippen LogP contribution is -2.03. The Balaban J connectivity index is 1.80. The molecule has 1 aliphatic rings. The van der Waals surface area contributed by atoms with Crippen LogP contribution >= 0.6 is 0 Å². The number of rotatable bonds is 3. The van der Waals surface area contributed by atoms with Crippen LogP contribution in [-0.2, 0) is 6.54 Å². The van der Waals surface area contributed by atoms with Crippen LogP contribution in [0.15, 0.2) is 36.5 Å². The van der Waals surface area contributed by atoms with Crippen LogP contribution in [0, 0.1) is 11.3 Å². The second-order valence-electron chi connectivity index (χ2n) is 4.02. The SMILES string of the molecule is N#Cc1ncccc1NCc1cccc2c1OCO2. The maximum atomic E-state index is 8.97. The van der Waals surface area contributed by atoms with Crippen molar-refractivity contribution >= 4 is 5.69 Å². The number of nitrogens with one attached hydrogen (secondary N) is 1. The molecule has 1 aromatic heterocycles. The highest BCUT2D eigenvalue weighted by Gasteiger charge is 2.16. The zero-order chi connectivity index (χ0) is 13.1. The number of benzene rings is 1. The summed E-state index contributed by atoms with van der Waals surface area (Å²) in [6.45, 7) is 0.801. The van der Waals surface area contributed by atoms with Gasteiger partial charge in [0.25, 0.3) is 0 Å². The van der Waals surface area contributed by atoms with Crippen molar-refractivity contribution < 1.29 is 9.47 Å². The van der Waals surface area contributed by atoms with Gasteiger partial charge in [0.15, 0.2) is 17.2 Å². The van der Waals surface area contributed by atoms with Crippen LogP contribution in [0.25, 0.3) is 0 Å². The van der Waals surface area contributed by atoms with Crippen LogP contribution in [0.5, 0.6) is 11.5 Å². The number of hydrogen-bond donors (Lipinski definition) is 1. The number of anilines is 1. The first-order valence-corrected chi connectivity index (χ1v) is 5.85. The first-order valence-electron chi connectivity index (χ1n) is 5.85. The summed E-state index contributed by atoms with van der Waals surface area (Å²) in [6, 6.07) is 11.4. The molecular formula is C14H11N3O2. The van der Waals surface area contributed by atoms with Crippen molar-refractivity contribution in [2.45, 2.75) is 6.54 Å². The molecule has 2 aromatic rings. The minimum atomic E-state index is 0.253. The molecule has 0 atom stereocenters. The fraction of sp³-hybridized carbons (Fsp3) is 0.143. The van der Waals surface area contributed by atoms with E-state index in [0.29, 0.717) is 17.9 Å². The van der Waals surface area contributed by atoms with Gasteiger partial charge in [-0.15, -0.1) is 0 Å². The maximum Gasteiger partial charge on any atom is 0.231 e. The molecule has 1 aliphatic heterocycles. The quantitative estimate of drug-likeness (QED) is 0.909. The van der Waals surface area contributed by atoms with Crippen LogP contribution in [0.1, 0.15) is 11.3 Å². The Morgan fingerprint density at radius 3 is 3.11 bits per heavy atom. The van der Waals surface area contributed by atoms with E-state index in [2.05, 4.69) is 16.4 Å². The average molecular weight is 253 g/mol. The van der Waals surface area contributed by atoms with Gasteiger partial charge in [-0.3, -0.25) is 0 Å². The van der Waals surface area contributed by atoms with Crippen molar-refractivity contribution in [2.75, 3.05) is 12.1 Å². The maximum absolute atomic E-state index is 8.97. The molecule has 0 spiro atoms. The molecular weight excluding hydrogens is 242 g/mol. The van der Waals surface area contributed by atoms with Gasteiger partial charge in [-0.25, -0.2) is 4.98 Å². The molecule has 19 heavy (non-hydrogen) atoms. The summed E-state index contributed by atoms with van der Waals surface area (Å²) in [5, 5.41) is 12.2. The van der Waals surface area contributed by atoms with Gasteiger partial charge in [0.05, 0.1) is 5.69 Å². The van der Waals surface area contributed by atoms with E-state index in [-0.39, 0.29) is 6.79 Å². The van der Waals surface area contributed by atoms with E-state index in [9.17, 15) is 0 Å². The predicted octanol–water partition coefficient (Wildman–Crippen LogP) is 2.29.